The van der Waals surface area contributed by atoms with Gasteiger partial charge >= 0.3 is 5.69 Å². The van der Waals surface area contributed by atoms with Crippen molar-refractivity contribution in [2.75, 3.05) is 6.61 Å². The van der Waals surface area contributed by atoms with Crippen LogP contribution >= 0.6 is 0 Å². The molecule has 1 N–H and O–H groups in total. The van der Waals surface area contributed by atoms with E-state index in [0.29, 0.717) is 0 Å². The van der Waals surface area contributed by atoms with Gasteiger partial charge in [0.05, 0.1) is 11.0 Å². The van der Waals surface area contributed by atoms with Crippen molar-refractivity contribution in [2.45, 2.75) is 13.0 Å². The maximum absolute atomic E-state index is 11.9. The lowest BCUT2D eigenvalue weighted by atomic mass is 10.1. The number of ether oxygens (including phenoxy) is 1. The van der Waals surface area contributed by atoms with Gasteiger partial charge in [-0.3, -0.25) is 14.9 Å². The molecule has 0 aliphatic rings. The number of carbonyl (C=O) groups excluding carboxylic acids is 1. The predicted octanol–water partition coefficient (Wildman–Crippen LogP) is 2.85. The van der Waals surface area contributed by atoms with Crippen LogP contribution in [0.25, 0.3) is 0 Å². The van der Waals surface area contributed by atoms with Crippen LogP contribution < -0.4 is 10.1 Å². The standard InChI is InChI=1S/C16H16N2O4/c1-12(13-7-3-2-4-8-13)17-16(19)11-22-15-10-6-5-9-14(15)18(20)21/h2-10,12H,11H2,1H3,(H,17,19). The molecule has 1 unspecified atom stereocenters. The van der Waals surface area contributed by atoms with Crippen molar-refractivity contribution >= 4 is 11.6 Å². The number of hydrogen-bond acceptors (Lipinski definition) is 4. The first-order chi connectivity index (χ1) is 10.6. The van der Waals surface area contributed by atoms with Crippen LogP contribution in [0, 0.1) is 10.1 Å². The quantitative estimate of drug-likeness (QED) is 0.657. The van der Waals surface area contributed by atoms with E-state index >= 15 is 0 Å². The van der Waals surface area contributed by atoms with E-state index < -0.39 is 4.92 Å². The maximum Gasteiger partial charge on any atom is 0.310 e. The Morgan fingerprint density at radius 2 is 1.82 bits per heavy atom. The number of para-hydroxylation sites is 2. The summed E-state index contributed by atoms with van der Waals surface area (Å²) in [5, 5.41) is 13.6. The third kappa shape index (κ3) is 4.05. The summed E-state index contributed by atoms with van der Waals surface area (Å²) >= 11 is 0. The second-order valence-electron chi connectivity index (χ2n) is 4.71. The van der Waals surface area contributed by atoms with Gasteiger partial charge in [0.25, 0.3) is 5.91 Å². The van der Waals surface area contributed by atoms with E-state index in [1.807, 2.05) is 37.3 Å². The van der Waals surface area contributed by atoms with E-state index in [1.165, 1.54) is 12.1 Å². The molecule has 6 heteroatoms. The predicted molar refractivity (Wildman–Crippen MR) is 81.6 cm³/mol. The molecule has 0 saturated carbocycles. The van der Waals surface area contributed by atoms with E-state index in [4.69, 9.17) is 4.74 Å². The number of nitrogens with zero attached hydrogens (tertiary/aromatic N) is 1. The number of carbonyl (C=O) groups is 1. The highest BCUT2D eigenvalue weighted by Gasteiger charge is 2.15. The fourth-order valence-corrected chi connectivity index (χ4v) is 1.98. The molecule has 1 atom stereocenters. The van der Waals surface area contributed by atoms with E-state index in [2.05, 4.69) is 5.32 Å². The lowest BCUT2D eigenvalue weighted by molar-refractivity contribution is -0.385. The van der Waals surface area contributed by atoms with Crippen LogP contribution in [0.1, 0.15) is 18.5 Å². The zero-order chi connectivity index (χ0) is 15.9. The van der Waals surface area contributed by atoms with Crippen molar-refractivity contribution < 1.29 is 14.5 Å². The Labute approximate surface area is 127 Å². The summed E-state index contributed by atoms with van der Waals surface area (Å²) in [6, 6.07) is 15.3. The summed E-state index contributed by atoms with van der Waals surface area (Å²) in [7, 11) is 0. The van der Waals surface area contributed by atoms with E-state index in [1.54, 1.807) is 12.1 Å². The van der Waals surface area contributed by atoms with Gasteiger partial charge in [0.2, 0.25) is 0 Å². The lowest BCUT2D eigenvalue weighted by Crippen LogP contribution is -2.31. The van der Waals surface area contributed by atoms with Crippen molar-refractivity contribution in [1.82, 2.24) is 5.32 Å². The number of nitrogens with one attached hydrogen (secondary N) is 1. The number of hydrogen-bond donors (Lipinski definition) is 1. The van der Waals surface area contributed by atoms with Crippen molar-refractivity contribution in [2.24, 2.45) is 0 Å². The van der Waals surface area contributed by atoms with Crippen molar-refractivity contribution in [1.29, 1.82) is 0 Å². The van der Waals surface area contributed by atoms with Crippen molar-refractivity contribution in [3.63, 3.8) is 0 Å². The van der Waals surface area contributed by atoms with Crippen LogP contribution in [0.4, 0.5) is 5.69 Å². The zero-order valence-corrected chi connectivity index (χ0v) is 12.1. The minimum absolute atomic E-state index is 0.0787. The molecule has 0 aromatic heterocycles. The van der Waals surface area contributed by atoms with Crippen LogP contribution in [-0.4, -0.2) is 17.4 Å². The minimum atomic E-state index is -0.542. The third-order valence-corrected chi connectivity index (χ3v) is 3.10. The highest BCUT2D eigenvalue weighted by Crippen LogP contribution is 2.25. The van der Waals surface area contributed by atoms with Gasteiger partial charge in [-0.05, 0) is 18.6 Å². The molecule has 0 aliphatic carbocycles. The normalized spacial score (nSPS) is 11.5. The molecule has 2 aromatic rings. The number of benzene rings is 2. The van der Waals surface area contributed by atoms with Gasteiger partial charge in [-0.25, -0.2) is 0 Å². The molecule has 0 aliphatic heterocycles. The molecule has 0 bridgehead atoms. The second-order valence-corrected chi connectivity index (χ2v) is 4.71. The maximum atomic E-state index is 11.9. The number of nitro benzene ring substituents is 1. The summed E-state index contributed by atoms with van der Waals surface area (Å²) in [5.74, 6) is -0.260. The summed E-state index contributed by atoms with van der Waals surface area (Å²) < 4.78 is 5.24. The van der Waals surface area contributed by atoms with E-state index in [0.717, 1.165) is 5.56 Å². The molecular formula is C16H16N2O4. The first-order valence-corrected chi connectivity index (χ1v) is 6.78. The Kier molecular flexibility index (Phi) is 5.08. The molecular weight excluding hydrogens is 284 g/mol. The highest BCUT2D eigenvalue weighted by molar-refractivity contribution is 5.78. The van der Waals surface area contributed by atoms with Crippen molar-refractivity contribution in [3.8, 4) is 5.75 Å². The molecule has 0 radical (unpaired) electrons. The summed E-state index contributed by atoms with van der Waals surface area (Å²) in [5.41, 5.74) is 0.813. The van der Waals surface area contributed by atoms with E-state index in [9.17, 15) is 14.9 Å². The van der Waals surface area contributed by atoms with Crippen LogP contribution in [0.15, 0.2) is 54.6 Å². The fraction of sp³-hybridized carbons (Fsp3) is 0.188. The van der Waals surface area contributed by atoms with Gasteiger partial charge in [0.15, 0.2) is 12.4 Å². The van der Waals surface area contributed by atoms with Gasteiger partial charge in [-0.15, -0.1) is 0 Å². The first kappa shape index (κ1) is 15.5. The molecule has 1 amide bonds. The van der Waals surface area contributed by atoms with Crippen LogP contribution in [0.5, 0.6) is 5.75 Å². The summed E-state index contributed by atoms with van der Waals surface area (Å²) in [6.45, 7) is 1.58. The molecule has 0 saturated heterocycles. The fourth-order valence-electron chi connectivity index (χ4n) is 1.98. The molecule has 114 valence electrons. The molecule has 2 aromatic carbocycles. The number of amides is 1. The average molecular weight is 300 g/mol. The Morgan fingerprint density at radius 1 is 1.18 bits per heavy atom. The minimum Gasteiger partial charge on any atom is -0.477 e. The van der Waals surface area contributed by atoms with Crippen molar-refractivity contribution in [3.05, 3.63) is 70.3 Å². The SMILES string of the molecule is CC(NC(=O)COc1ccccc1[N+](=O)[O-])c1ccccc1. The molecule has 0 spiro atoms. The molecule has 6 nitrogen and oxygen atoms in total. The highest BCUT2D eigenvalue weighted by atomic mass is 16.6. The average Bonchev–Trinajstić information content (AvgIpc) is 2.54. The van der Waals surface area contributed by atoms with Gasteiger partial charge in [-0.1, -0.05) is 42.5 Å². The van der Waals surface area contributed by atoms with Gasteiger partial charge in [0, 0.05) is 6.07 Å². The zero-order valence-electron chi connectivity index (χ0n) is 12.1. The first-order valence-electron chi connectivity index (χ1n) is 6.78. The Morgan fingerprint density at radius 3 is 2.50 bits per heavy atom. The number of rotatable bonds is 6. The smallest absolute Gasteiger partial charge is 0.310 e. The van der Waals surface area contributed by atoms with Crippen LogP contribution in [-0.2, 0) is 4.79 Å². The topological polar surface area (TPSA) is 81.5 Å². The largest absolute Gasteiger partial charge is 0.477 e. The summed E-state index contributed by atoms with van der Waals surface area (Å²) in [6.07, 6.45) is 0. The molecule has 22 heavy (non-hydrogen) atoms. The Bertz CT molecular complexity index is 658. The molecule has 0 heterocycles. The Hall–Kier alpha value is -2.89. The van der Waals surface area contributed by atoms with E-state index in [-0.39, 0.29) is 30.0 Å². The Balaban J connectivity index is 1.92. The van der Waals surface area contributed by atoms with Gasteiger partial charge < -0.3 is 10.1 Å². The monoisotopic (exact) mass is 300 g/mol. The third-order valence-electron chi connectivity index (χ3n) is 3.10. The van der Waals surface area contributed by atoms with Crippen LogP contribution in [0.3, 0.4) is 0 Å². The number of nitro groups is 1. The van der Waals surface area contributed by atoms with Crippen LogP contribution in [0.2, 0.25) is 0 Å². The molecule has 0 fully saturated rings. The van der Waals surface area contributed by atoms with Gasteiger partial charge in [-0.2, -0.15) is 0 Å². The summed E-state index contributed by atoms with van der Waals surface area (Å²) in [4.78, 5) is 22.2. The molecule has 2 rings (SSSR count). The second kappa shape index (κ2) is 7.21. The van der Waals surface area contributed by atoms with Gasteiger partial charge in [0.1, 0.15) is 0 Å². The lowest BCUT2D eigenvalue weighted by Gasteiger charge is -2.14.